The second-order valence-electron chi connectivity index (χ2n) is 10.6. The number of ether oxygens (including phenoxy) is 5. The number of aromatic hydroxyl groups is 4. The Kier molecular flexibility index (Phi) is 11.2. The van der Waals surface area contributed by atoms with Crippen LogP contribution in [0.3, 0.4) is 0 Å². The fourth-order valence-electron chi connectivity index (χ4n) is 4.68. The Bertz CT molecular complexity index is 1340. The molecule has 2 aliphatic rings. The standard InChI is InChI=1S/C29H36O16/c1-12-22(36)23(37)25(39)28(43-12)42-11-20-27(45-21(35)7-3-13-2-5-15(30)17(32)8-13)24(38)26(40)29(44-20)41-10-19(34)14-4-6-16(31)18(33)9-14/h2-9,12,19-20,22-34,36-40H,10-11H2,1H3. The van der Waals surface area contributed by atoms with Gasteiger partial charge in [0.25, 0.3) is 0 Å². The molecule has 0 amide bonds. The van der Waals surface area contributed by atoms with Gasteiger partial charge in [-0.05, 0) is 48.4 Å². The molecule has 10 N–H and O–H groups in total. The molecule has 0 aliphatic carbocycles. The van der Waals surface area contributed by atoms with Gasteiger partial charge >= 0.3 is 5.97 Å². The number of phenols is 4. The molecule has 2 heterocycles. The van der Waals surface area contributed by atoms with Crippen molar-refractivity contribution in [3.05, 3.63) is 53.6 Å². The van der Waals surface area contributed by atoms with Gasteiger partial charge in [-0.3, -0.25) is 0 Å². The highest BCUT2D eigenvalue weighted by molar-refractivity contribution is 5.87. The molecule has 0 saturated carbocycles. The summed E-state index contributed by atoms with van der Waals surface area (Å²) in [4.78, 5) is 12.7. The first-order valence-corrected chi connectivity index (χ1v) is 13.8. The number of aliphatic hydroxyl groups excluding tert-OH is 6. The zero-order valence-electron chi connectivity index (χ0n) is 23.8. The number of rotatable bonds is 10. The lowest BCUT2D eigenvalue weighted by atomic mass is 9.98. The van der Waals surface area contributed by atoms with Gasteiger partial charge in [0.15, 0.2) is 41.7 Å². The largest absolute Gasteiger partial charge is 0.504 e. The van der Waals surface area contributed by atoms with Gasteiger partial charge in [0, 0.05) is 6.08 Å². The van der Waals surface area contributed by atoms with E-state index in [2.05, 4.69) is 0 Å². The Morgan fingerprint density at radius 1 is 0.800 bits per heavy atom. The number of aliphatic hydroxyl groups is 6. The third kappa shape index (κ3) is 8.19. The van der Waals surface area contributed by atoms with Crippen LogP contribution < -0.4 is 0 Å². The maximum atomic E-state index is 12.7. The summed E-state index contributed by atoms with van der Waals surface area (Å²) in [6.45, 7) is 0.342. The summed E-state index contributed by atoms with van der Waals surface area (Å²) >= 11 is 0. The van der Waals surface area contributed by atoms with Crippen LogP contribution in [-0.4, -0.2) is 132 Å². The fraction of sp³-hybridized carbons (Fsp3) is 0.483. The minimum atomic E-state index is -1.84. The number of esters is 1. The highest BCUT2D eigenvalue weighted by Gasteiger charge is 2.49. The molecule has 45 heavy (non-hydrogen) atoms. The molecule has 16 heteroatoms. The second-order valence-corrected chi connectivity index (χ2v) is 10.6. The summed E-state index contributed by atoms with van der Waals surface area (Å²) in [7, 11) is 0. The van der Waals surface area contributed by atoms with E-state index in [0.29, 0.717) is 5.56 Å². The smallest absolute Gasteiger partial charge is 0.331 e. The van der Waals surface area contributed by atoms with Crippen molar-refractivity contribution >= 4 is 12.0 Å². The Morgan fingerprint density at radius 2 is 1.42 bits per heavy atom. The summed E-state index contributed by atoms with van der Waals surface area (Å²) in [5.41, 5.74) is 0.463. The molecule has 248 valence electrons. The molecule has 11 atom stereocenters. The molecule has 2 aliphatic heterocycles. The SMILES string of the molecule is CC1OC(OCC2OC(OCC(O)c3ccc(O)c(O)c3)C(O)C(O)C2OC(=O)C=Cc2ccc(O)c(O)c2)C(O)C(O)C1O. The lowest BCUT2D eigenvalue weighted by Gasteiger charge is -2.43. The summed E-state index contributed by atoms with van der Waals surface area (Å²) < 4.78 is 27.5. The van der Waals surface area contributed by atoms with Crippen LogP contribution in [0.15, 0.2) is 42.5 Å². The number of hydrogen-bond acceptors (Lipinski definition) is 16. The van der Waals surface area contributed by atoms with E-state index in [4.69, 9.17) is 23.7 Å². The van der Waals surface area contributed by atoms with Crippen LogP contribution in [0.1, 0.15) is 24.2 Å². The predicted octanol–water partition coefficient (Wildman–Crippen LogP) is -1.53. The Balaban J connectivity index is 1.48. The van der Waals surface area contributed by atoms with Crippen LogP contribution >= 0.6 is 0 Å². The Hall–Kier alpha value is -3.55. The zero-order chi connectivity index (χ0) is 33.0. The van der Waals surface area contributed by atoms with E-state index in [0.717, 1.165) is 18.2 Å². The van der Waals surface area contributed by atoms with E-state index in [9.17, 15) is 55.9 Å². The van der Waals surface area contributed by atoms with Crippen LogP contribution in [0.5, 0.6) is 23.0 Å². The van der Waals surface area contributed by atoms with Gasteiger partial charge in [-0.1, -0.05) is 12.1 Å². The predicted molar refractivity (Wildman–Crippen MR) is 148 cm³/mol. The first-order chi connectivity index (χ1) is 21.3. The number of phenolic OH excluding ortho intramolecular Hbond substituents is 4. The molecule has 0 spiro atoms. The Labute approximate surface area is 256 Å². The van der Waals surface area contributed by atoms with E-state index in [1.54, 1.807) is 0 Å². The molecule has 4 rings (SSSR count). The Morgan fingerprint density at radius 3 is 2.09 bits per heavy atom. The first kappa shape index (κ1) is 34.3. The number of benzene rings is 2. The first-order valence-electron chi connectivity index (χ1n) is 13.8. The monoisotopic (exact) mass is 640 g/mol. The third-order valence-electron chi connectivity index (χ3n) is 7.34. The van der Waals surface area contributed by atoms with E-state index in [1.807, 2.05) is 0 Å². The fourth-order valence-corrected chi connectivity index (χ4v) is 4.68. The average molecular weight is 641 g/mol. The maximum absolute atomic E-state index is 12.7. The topological polar surface area (TPSA) is 266 Å². The summed E-state index contributed by atoms with van der Waals surface area (Å²) in [5.74, 6) is -2.73. The molecule has 2 aromatic rings. The van der Waals surface area contributed by atoms with Crippen molar-refractivity contribution in [1.82, 2.24) is 0 Å². The van der Waals surface area contributed by atoms with E-state index < -0.39 is 104 Å². The van der Waals surface area contributed by atoms with Gasteiger partial charge < -0.3 is 74.7 Å². The van der Waals surface area contributed by atoms with Crippen LogP contribution in [-0.2, 0) is 28.5 Å². The minimum absolute atomic E-state index is 0.148. The highest BCUT2D eigenvalue weighted by Crippen LogP contribution is 2.31. The van der Waals surface area contributed by atoms with Gasteiger partial charge in [0.2, 0.25) is 0 Å². The van der Waals surface area contributed by atoms with Gasteiger partial charge in [-0.2, -0.15) is 0 Å². The van der Waals surface area contributed by atoms with Gasteiger partial charge in [0.1, 0.15) is 42.7 Å². The van der Waals surface area contributed by atoms with Crippen molar-refractivity contribution in [2.45, 2.75) is 74.4 Å². The third-order valence-corrected chi connectivity index (χ3v) is 7.34. The van der Waals surface area contributed by atoms with Crippen LogP contribution in [0.4, 0.5) is 0 Å². The summed E-state index contributed by atoms with van der Waals surface area (Å²) in [6, 6.07) is 7.33. The lowest BCUT2D eigenvalue weighted by molar-refractivity contribution is -0.330. The van der Waals surface area contributed by atoms with Crippen molar-refractivity contribution in [3.63, 3.8) is 0 Å². The number of carbonyl (C=O) groups excluding carboxylic acids is 1. The molecule has 2 fully saturated rings. The lowest BCUT2D eigenvalue weighted by Crippen LogP contribution is -2.62. The second kappa shape index (κ2) is 14.7. The molecule has 0 bridgehead atoms. The van der Waals surface area contributed by atoms with Gasteiger partial charge in [-0.15, -0.1) is 0 Å². The van der Waals surface area contributed by atoms with Crippen molar-refractivity contribution in [3.8, 4) is 23.0 Å². The van der Waals surface area contributed by atoms with Gasteiger partial charge in [-0.25, -0.2) is 4.79 Å². The average Bonchev–Trinajstić information content (AvgIpc) is 3.01. The number of hydrogen-bond donors (Lipinski definition) is 10. The number of carbonyl (C=O) groups is 1. The zero-order valence-corrected chi connectivity index (χ0v) is 23.8. The van der Waals surface area contributed by atoms with Crippen molar-refractivity contribution in [2.75, 3.05) is 13.2 Å². The summed E-state index contributed by atoms with van der Waals surface area (Å²) in [6.07, 6.45) is -14.6. The normalized spacial score (nSPS) is 32.8. The molecule has 2 saturated heterocycles. The van der Waals surface area contributed by atoms with Crippen LogP contribution in [0.25, 0.3) is 6.08 Å². The summed E-state index contributed by atoms with van der Waals surface area (Å²) in [5, 5.41) is 101. The molecular weight excluding hydrogens is 604 g/mol. The van der Waals surface area contributed by atoms with Crippen molar-refractivity contribution in [1.29, 1.82) is 0 Å². The van der Waals surface area contributed by atoms with E-state index in [-0.39, 0.29) is 11.3 Å². The molecule has 0 aromatic heterocycles. The van der Waals surface area contributed by atoms with Crippen molar-refractivity contribution < 1.29 is 79.5 Å². The molecule has 11 unspecified atom stereocenters. The van der Waals surface area contributed by atoms with Gasteiger partial charge in [0.05, 0.1) is 19.3 Å². The molecule has 2 aromatic carbocycles. The quantitative estimate of drug-likeness (QED) is 0.0802. The van der Waals surface area contributed by atoms with Crippen LogP contribution in [0, 0.1) is 0 Å². The molecule has 0 radical (unpaired) electrons. The maximum Gasteiger partial charge on any atom is 0.331 e. The molecular formula is C29H36O16. The minimum Gasteiger partial charge on any atom is -0.504 e. The highest BCUT2D eigenvalue weighted by atomic mass is 16.7. The van der Waals surface area contributed by atoms with Crippen LogP contribution in [0.2, 0.25) is 0 Å². The van der Waals surface area contributed by atoms with E-state index >= 15 is 0 Å². The van der Waals surface area contributed by atoms with Crippen molar-refractivity contribution in [2.24, 2.45) is 0 Å². The van der Waals surface area contributed by atoms with E-state index in [1.165, 1.54) is 37.3 Å². The molecule has 16 nitrogen and oxygen atoms in total.